The highest BCUT2D eigenvalue weighted by atomic mass is 16.2. The van der Waals surface area contributed by atoms with Crippen molar-refractivity contribution in [1.29, 1.82) is 0 Å². The highest BCUT2D eigenvalue weighted by Crippen LogP contribution is 2.39. The number of nitrogens with one attached hydrogen (secondary N) is 1. The number of aromatic nitrogens is 1. The predicted molar refractivity (Wildman–Crippen MR) is 78.4 cm³/mol. The number of hydrogen-bond donors (Lipinski definition) is 1. The first-order chi connectivity index (χ1) is 9.39. The zero-order chi connectivity index (χ0) is 14.5. The van der Waals surface area contributed by atoms with Crippen molar-refractivity contribution in [3.8, 4) is 0 Å². The van der Waals surface area contributed by atoms with Crippen LogP contribution < -0.4 is 5.43 Å². The van der Waals surface area contributed by atoms with Crippen LogP contribution in [0.4, 0.5) is 0 Å². The molecule has 0 bridgehead atoms. The molecule has 0 atom stereocenters. The van der Waals surface area contributed by atoms with Gasteiger partial charge in [-0.1, -0.05) is 32.0 Å². The van der Waals surface area contributed by atoms with Gasteiger partial charge in [0.05, 0.1) is 11.2 Å². The number of Topliss-reactive ketones (excluding diaryl/α,β-unsaturated/α-hetero) is 1. The standard InChI is InChI=1S/C16H18N2O2/c1-10(19)17-18-12-7-5-4-6-11(12)15-13(18)8-16(2,3)9-14(15)20/h4-7H,8-9H2,1-3H3,(H,17,19). The Bertz CT molecular complexity index is 725. The molecule has 1 aromatic carbocycles. The number of hydrogen-bond acceptors (Lipinski definition) is 2. The first-order valence-electron chi connectivity index (χ1n) is 6.82. The van der Waals surface area contributed by atoms with Gasteiger partial charge in [0.25, 0.3) is 0 Å². The summed E-state index contributed by atoms with van der Waals surface area (Å²) in [6.45, 7) is 5.66. The van der Waals surface area contributed by atoms with Crippen LogP contribution in [0.25, 0.3) is 10.9 Å². The third-order valence-electron chi connectivity index (χ3n) is 3.81. The van der Waals surface area contributed by atoms with E-state index in [0.717, 1.165) is 28.6 Å². The Morgan fingerprint density at radius 3 is 2.65 bits per heavy atom. The number of nitrogens with zero attached hydrogens (tertiary/aromatic N) is 1. The van der Waals surface area contributed by atoms with Crippen LogP contribution in [-0.2, 0) is 11.2 Å². The molecule has 20 heavy (non-hydrogen) atoms. The molecule has 1 N–H and O–H groups in total. The van der Waals surface area contributed by atoms with Crippen LogP contribution in [0, 0.1) is 5.41 Å². The minimum absolute atomic E-state index is 0.0747. The molecule has 0 unspecified atom stereocenters. The van der Waals surface area contributed by atoms with Gasteiger partial charge in [-0.05, 0) is 17.9 Å². The summed E-state index contributed by atoms with van der Waals surface area (Å²) in [4.78, 5) is 24.0. The lowest BCUT2D eigenvalue weighted by atomic mass is 9.76. The summed E-state index contributed by atoms with van der Waals surface area (Å²) in [5.74, 6) is 0.0286. The van der Waals surface area contributed by atoms with Gasteiger partial charge in [0.2, 0.25) is 5.91 Å². The molecule has 0 radical (unpaired) electrons. The maximum atomic E-state index is 12.5. The highest BCUT2D eigenvalue weighted by Gasteiger charge is 2.35. The minimum atomic E-state index is -0.135. The van der Waals surface area contributed by atoms with Crippen molar-refractivity contribution in [3.63, 3.8) is 0 Å². The van der Waals surface area contributed by atoms with Crippen molar-refractivity contribution in [2.24, 2.45) is 5.41 Å². The van der Waals surface area contributed by atoms with Gasteiger partial charge in [0, 0.05) is 24.3 Å². The van der Waals surface area contributed by atoms with Gasteiger partial charge in [0.1, 0.15) is 0 Å². The molecule has 2 aromatic rings. The first kappa shape index (κ1) is 12.9. The van der Waals surface area contributed by atoms with Gasteiger partial charge >= 0.3 is 0 Å². The van der Waals surface area contributed by atoms with E-state index >= 15 is 0 Å². The number of amides is 1. The van der Waals surface area contributed by atoms with Gasteiger partial charge in [-0.15, -0.1) is 0 Å². The number of para-hydroxylation sites is 1. The van der Waals surface area contributed by atoms with E-state index in [0.29, 0.717) is 6.42 Å². The molecule has 104 valence electrons. The molecule has 4 nitrogen and oxygen atoms in total. The largest absolute Gasteiger partial charge is 0.294 e. The van der Waals surface area contributed by atoms with E-state index in [9.17, 15) is 9.59 Å². The van der Waals surface area contributed by atoms with E-state index < -0.39 is 0 Å². The molecule has 1 aromatic heterocycles. The second kappa shape index (κ2) is 4.20. The quantitative estimate of drug-likeness (QED) is 0.866. The Kier molecular flexibility index (Phi) is 2.71. The number of fused-ring (bicyclic) bond motifs is 3. The van der Waals surface area contributed by atoms with Crippen molar-refractivity contribution in [2.45, 2.75) is 33.6 Å². The fourth-order valence-corrected chi connectivity index (χ4v) is 3.10. The molecule has 1 heterocycles. The second-order valence-corrected chi connectivity index (χ2v) is 6.28. The van der Waals surface area contributed by atoms with E-state index in [4.69, 9.17) is 0 Å². The molecule has 1 amide bonds. The second-order valence-electron chi connectivity index (χ2n) is 6.28. The molecular formula is C16H18N2O2. The maximum absolute atomic E-state index is 12.5. The van der Waals surface area contributed by atoms with E-state index in [1.54, 1.807) is 4.68 Å². The monoisotopic (exact) mass is 270 g/mol. The lowest BCUT2D eigenvalue weighted by Crippen LogP contribution is -2.31. The van der Waals surface area contributed by atoms with Crippen molar-refractivity contribution in [3.05, 3.63) is 35.5 Å². The SMILES string of the molecule is CC(=O)Nn1c2c(c3ccccc31)C(=O)CC(C)(C)C2. The minimum Gasteiger partial charge on any atom is -0.294 e. The highest BCUT2D eigenvalue weighted by molar-refractivity contribution is 6.11. The number of benzene rings is 1. The number of carbonyl (C=O) groups excluding carboxylic acids is 2. The Balaban J connectivity index is 2.32. The van der Waals surface area contributed by atoms with Gasteiger partial charge in [-0.2, -0.15) is 0 Å². The lowest BCUT2D eigenvalue weighted by Gasteiger charge is -2.29. The molecule has 0 saturated carbocycles. The maximum Gasteiger partial charge on any atom is 0.235 e. The average Bonchev–Trinajstić information content (AvgIpc) is 2.62. The summed E-state index contributed by atoms with van der Waals surface area (Å²) < 4.78 is 1.78. The van der Waals surface area contributed by atoms with Crippen LogP contribution in [0.5, 0.6) is 0 Å². The molecule has 0 spiro atoms. The average molecular weight is 270 g/mol. The molecule has 0 saturated heterocycles. The van der Waals surface area contributed by atoms with Crippen LogP contribution >= 0.6 is 0 Å². The first-order valence-corrected chi connectivity index (χ1v) is 6.82. The van der Waals surface area contributed by atoms with Gasteiger partial charge < -0.3 is 0 Å². The molecular weight excluding hydrogens is 252 g/mol. The van der Waals surface area contributed by atoms with E-state index in [-0.39, 0.29) is 17.1 Å². The Morgan fingerprint density at radius 1 is 1.25 bits per heavy atom. The third-order valence-corrected chi connectivity index (χ3v) is 3.81. The van der Waals surface area contributed by atoms with Crippen molar-refractivity contribution in [1.82, 2.24) is 4.68 Å². The van der Waals surface area contributed by atoms with Crippen LogP contribution in [-0.4, -0.2) is 16.4 Å². The molecule has 1 aliphatic carbocycles. The summed E-state index contributed by atoms with van der Waals surface area (Å²) in [7, 11) is 0. The summed E-state index contributed by atoms with van der Waals surface area (Å²) >= 11 is 0. The molecule has 0 fully saturated rings. The van der Waals surface area contributed by atoms with E-state index in [1.807, 2.05) is 24.3 Å². The smallest absolute Gasteiger partial charge is 0.235 e. The lowest BCUT2D eigenvalue weighted by molar-refractivity contribution is -0.115. The molecule has 1 aliphatic rings. The molecule has 0 aliphatic heterocycles. The van der Waals surface area contributed by atoms with Crippen molar-refractivity contribution < 1.29 is 9.59 Å². The van der Waals surface area contributed by atoms with Gasteiger partial charge in [0.15, 0.2) is 5.78 Å². The molecule has 4 heteroatoms. The Morgan fingerprint density at radius 2 is 1.95 bits per heavy atom. The summed E-state index contributed by atoms with van der Waals surface area (Å²) in [5.41, 5.74) is 5.34. The van der Waals surface area contributed by atoms with Crippen LogP contribution in [0.3, 0.4) is 0 Å². The van der Waals surface area contributed by atoms with Crippen LogP contribution in [0.15, 0.2) is 24.3 Å². The molecule has 3 rings (SSSR count). The Hall–Kier alpha value is -2.10. The van der Waals surface area contributed by atoms with Gasteiger partial charge in [-0.3, -0.25) is 19.7 Å². The third kappa shape index (κ3) is 1.92. The number of rotatable bonds is 1. The number of carbonyl (C=O) groups is 2. The Labute approximate surface area is 117 Å². The summed E-state index contributed by atoms with van der Waals surface area (Å²) in [5, 5.41) is 0.928. The summed E-state index contributed by atoms with van der Waals surface area (Å²) in [6, 6.07) is 7.72. The van der Waals surface area contributed by atoms with E-state index in [1.165, 1.54) is 6.92 Å². The van der Waals surface area contributed by atoms with E-state index in [2.05, 4.69) is 19.3 Å². The predicted octanol–water partition coefficient (Wildman–Crippen LogP) is 2.89. The summed E-state index contributed by atoms with van der Waals surface area (Å²) in [6.07, 6.45) is 1.33. The fraction of sp³-hybridized carbons (Fsp3) is 0.375. The normalized spacial score (nSPS) is 17.1. The zero-order valence-electron chi connectivity index (χ0n) is 12.0. The fourth-order valence-electron chi connectivity index (χ4n) is 3.10. The van der Waals surface area contributed by atoms with Gasteiger partial charge in [-0.25, -0.2) is 0 Å². The van der Waals surface area contributed by atoms with Crippen molar-refractivity contribution >= 4 is 22.6 Å². The number of ketones is 1. The zero-order valence-corrected chi connectivity index (χ0v) is 12.0. The van der Waals surface area contributed by atoms with Crippen LogP contribution in [0.2, 0.25) is 0 Å². The van der Waals surface area contributed by atoms with Crippen LogP contribution in [0.1, 0.15) is 43.2 Å². The van der Waals surface area contributed by atoms with Crippen molar-refractivity contribution in [2.75, 3.05) is 5.43 Å². The topological polar surface area (TPSA) is 51.1 Å².